The Morgan fingerprint density at radius 3 is 2.55 bits per heavy atom. The summed E-state index contributed by atoms with van der Waals surface area (Å²) in [4.78, 5) is 12.1. The third-order valence-electron chi connectivity index (χ3n) is 4.35. The molecule has 0 bridgehead atoms. The molecule has 1 saturated carbocycles. The zero-order valence-electron chi connectivity index (χ0n) is 11.6. The van der Waals surface area contributed by atoms with Gasteiger partial charge >= 0.3 is 0 Å². The Labute approximate surface area is 118 Å². The maximum absolute atomic E-state index is 13.4. The summed E-state index contributed by atoms with van der Waals surface area (Å²) in [5.41, 5.74) is 1.48. The number of nitrogens with one attached hydrogen (secondary N) is 2. The molecule has 20 heavy (non-hydrogen) atoms. The van der Waals surface area contributed by atoms with Crippen LogP contribution in [0.15, 0.2) is 18.2 Å². The maximum atomic E-state index is 13.4. The second-order valence-corrected chi connectivity index (χ2v) is 5.86. The molecular weight excluding hydrogens is 255 g/mol. The minimum absolute atomic E-state index is 0.0624. The molecule has 2 N–H and O–H groups in total. The molecule has 0 aromatic heterocycles. The van der Waals surface area contributed by atoms with Gasteiger partial charge in [-0.1, -0.05) is 32.1 Å². The second-order valence-electron chi connectivity index (χ2n) is 5.86. The first kappa shape index (κ1) is 13.6. The van der Waals surface area contributed by atoms with E-state index in [4.69, 9.17) is 0 Å². The zero-order valence-corrected chi connectivity index (χ0v) is 11.6. The fourth-order valence-electron chi connectivity index (χ4n) is 3.26. The Morgan fingerprint density at radius 2 is 1.80 bits per heavy atom. The molecule has 1 amide bonds. The number of hydrogen-bond acceptors (Lipinski definition) is 2. The van der Waals surface area contributed by atoms with Crippen LogP contribution in [0.4, 0.5) is 10.1 Å². The van der Waals surface area contributed by atoms with Gasteiger partial charge in [0.25, 0.3) is 0 Å². The predicted octanol–water partition coefficient (Wildman–Crippen LogP) is 3.52. The van der Waals surface area contributed by atoms with Crippen molar-refractivity contribution in [3.05, 3.63) is 29.6 Å². The molecule has 3 rings (SSSR count). The van der Waals surface area contributed by atoms with Gasteiger partial charge in [-0.2, -0.15) is 0 Å². The highest BCUT2D eigenvalue weighted by molar-refractivity contribution is 6.02. The number of halogens is 1. The topological polar surface area (TPSA) is 41.1 Å². The normalized spacial score (nSPS) is 23.9. The van der Waals surface area contributed by atoms with Crippen molar-refractivity contribution >= 4 is 11.6 Å². The molecule has 1 unspecified atom stereocenters. The molecule has 2 aliphatic rings. The van der Waals surface area contributed by atoms with Crippen LogP contribution in [0, 0.1) is 5.82 Å². The standard InChI is InChI=1S/C16H21FN2O/c17-11-8-9-14-13(10-11)15(16(20)19-14)18-12-6-4-2-1-3-5-7-12/h8-10,12,15,18H,1-7H2,(H,19,20). The summed E-state index contributed by atoms with van der Waals surface area (Å²) in [6.45, 7) is 0. The van der Waals surface area contributed by atoms with Crippen molar-refractivity contribution in [3.8, 4) is 0 Å². The van der Waals surface area contributed by atoms with Crippen LogP contribution in [0.3, 0.4) is 0 Å². The number of carbonyl (C=O) groups is 1. The van der Waals surface area contributed by atoms with E-state index >= 15 is 0 Å². The van der Waals surface area contributed by atoms with Crippen molar-refractivity contribution in [2.24, 2.45) is 0 Å². The molecule has 1 fully saturated rings. The van der Waals surface area contributed by atoms with Crippen molar-refractivity contribution in [3.63, 3.8) is 0 Å². The van der Waals surface area contributed by atoms with Gasteiger partial charge in [0.15, 0.2) is 0 Å². The highest BCUT2D eigenvalue weighted by atomic mass is 19.1. The van der Waals surface area contributed by atoms with E-state index in [1.54, 1.807) is 6.07 Å². The lowest BCUT2D eigenvalue weighted by molar-refractivity contribution is -0.117. The van der Waals surface area contributed by atoms with E-state index < -0.39 is 6.04 Å². The van der Waals surface area contributed by atoms with E-state index in [-0.39, 0.29) is 11.7 Å². The van der Waals surface area contributed by atoms with Gasteiger partial charge in [-0.15, -0.1) is 0 Å². The number of fused-ring (bicyclic) bond motifs is 1. The van der Waals surface area contributed by atoms with Crippen LogP contribution in [0.1, 0.15) is 56.6 Å². The van der Waals surface area contributed by atoms with E-state index in [0.717, 1.165) is 24.1 Å². The third-order valence-corrected chi connectivity index (χ3v) is 4.35. The van der Waals surface area contributed by atoms with Crippen LogP contribution < -0.4 is 10.6 Å². The lowest BCUT2D eigenvalue weighted by Crippen LogP contribution is -2.36. The lowest BCUT2D eigenvalue weighted by atomic mass is 9.95. The molecule has 1 aromatic rings. The Balaban J connectivity index is 1.73. The van der Waals surface area contributed by atoms with E-state index in [1.807, 2.05) is 0 Å². The molecule has 1 atom stereocenters. The van der Waals surface area contributed by atoms with Gasteiger partial charge in [-0.25, -0.2) is 4.39 Å². The number of amides is 1. The van der Waals surface area contributed by atoms with E-state index in [2.05, 4.69) is 10.6 Å². The summed E-state index contributed by atoms with van der Waals surface area (Å²) in [6.07, 6.45) is 8.51. The van der Waals surface area contributed by atoms with Gasteiger partial charge in [0.2, 0.25) is 5.91 Å². The van der Waals surface area contributed by atoms with E-state index in [1.165, 1.54) is 44.2 Å². The van der Waals surface area contributed by atoms with Gasteiger partial charge in [-0.3, -0.25) is 10.1 Å². The highest BCUT2D eigenvalue weighted by Crippen LogP contribution is 2.32. The van der Waals surface area contributed by atoms with E-state index in [0.29, 0.717) is 6.04 Å². The summed E-state index contributed by atoms with van der Waals surface area (Å²) in [6, 6.07) is 4.46. The minimum Gasteiger partial charge on any atom is -0.324 e. The van der Waals surface area contributed by atoms with Crippen molar-refractivity contribution in [2.45, 2.75) is 57.0 Å². The van der Waals surface area contributed by atoms with Gasteiger partial charge in [0.1, 0.15) is 11.9 Å². The third kappa shape index (κ3) is 2.85. The molecule has 1 heterocycles. The minimum atomic E-state index is -0.398. The first-order valence-corrected chi connectivity index (χ1v) is 7.60. The first-order chi connectivity index (χ1) is 9.74. The molecule has 0 saturated heterocycles. The summed E-state index contributed by atoms with van der Waals surface area (Å²) >= 11 is 0. The fourth-order valence-corrected chi connectivity index (χ4v) is 3.26. The van der Waals surface area contributed by atoms with Crippen LogP contribution in [-0.2, 0) is 4.79 Å². The number of rotatable bonds is 2. The molecule has 1 aliphatic heterocycles. The summed E-state index contributed by atoms with van der Waals surface area (Å²) in [5, 5.41) is 6.26. The van der Waals surface area contributed by atoms with Crippen molar-refractivity contribution in [1.82, 2.24) is 5.32 Å². The Hall–Kier alpha value is -1.42. The van der Waals surface area contributed by atoms with Crippen LogP contribution >= 0.6 is 0 Å². The number of carbonyl (C=O) groups excluding carboxylic acids is 1. The quantitative estimate of drug-likeness (QED) is 0.867. The number of anilines is 1. The van der Waals surface area contributed by atoms with Crippen molar-refractivity contribution < 1.29 is 9.18 Å². The molecule has 108 valence electrons. The van der Waals surface area contributed by atoms with Crippen LogP contribution in [0.5, 0.6) is 0 Å². The monoisotopic (exact) mass is 276 g/mol. The predicted molar refractivity (Wildman–Crippen MR) is 77.0 cm³/mol. The number of benzene rings is 1. The summed E-state index contributed by atoms with van der Waals surface area (Å²) in [7, 11) is 0. The Morgan fingerprint density at radius 1 is 1.10 bits per heavy atom. The molecule has 0 radical (unpaired) electrons. The molecule has 0 spiro atoms. The second kappa shape index (κ2) is 5.92. The largest absolute Gasteiger partial charge is 0.324 e. The first-order valence-electron chi connectivity index (χ1n) is 7.60. The van der Waals surface area contributed by atoms with Gasteiger partial charge in [0, 0.05) is 17.3 Å². The van der Waals surface area contributed by atoms with Crippen LogP contribution in [0.2, 0.25) is 0 Å². The fraction of sp³-hybridized carbons (Fsp3) is 0.562. The molecule has 3 nitrogen and oxygen atoms in total. The summed E-state index contributed by atoms with van der Waals surface area (Å²) < 4.78 is 13.4. The maximum Gasteiger partial charge on any atom is 0.246 e. The van der Waals surface area contributed by atoms with Crippen molar-refractivity contribution in [2.75, 3.05) is 5.32 Å². The number of hydrogen-bond donors (Lipinski definition) is 2. The molecule has 4 heteroatoms. The van der Waals surface area contributed by atoms with Crippen molar-refractivity contribution in [1.29, 1.82) is 0 Å². The molecule has 1 aromatic carbocycles. The van der Waals surface area contributed by atoms with Gasteiger partial charge < -0.3 is 5.32 Å². The average Bonchev–Trinajstić information content (AvgIpc) is 2.68. The van der Waals surface area contributed by atoms with Gasteiger partial charge in [-0.05, 0) is 31.0 Å². The SMILES string of the molecule is O=C1Nc2ccc(F)cc2C1NC1CCCCCCC1. The smallest absolute Gasteiger partial charge is 0.246 e. The van der Waals surface area contributed by atoms with Crippen LogP contribution in [0.25, 0.3) is 0 Å². The van der Waals surface area contributed by atoms with E-state index in [9.17, 15) is 9.18 Å². The molecular formula is C16H21FN2O. The Kier molecular flexibility index (Phi) is 4.01. The summed E-state index contributed by atoms with van der Waals surface area (Å²) in [5.74, 6) is -0.350. The Bertz CT molecular complexity index is 495. The van der Waals surface area contributed by atoms with Gasteiger partial charge in [0.05, 0.1) is 0 Å². The average molecular weight is 276 g/mol. The highest BCUT2D eigenvalue weighted by Gasteiger charge is 2.32. The lowest BCUT2D eigenvalue weighted by Gasteiger charge is -2.24. The zero-order chi connectivity index (χ0) is 13.9. The molecule has 1 aliphatic carbocycles. The van der Waals surface area contributed by atoms with Crippen LogP contribution in [-0.4, -0.2) is 11.9 Å².